The van der Waals surface area contributed by atoms with Gasteiger partial charge >= 0.3 is 0 Å². The first-order valence-electron chi connectivity index (χ1n) is 6.28. The molecule has 2 aromatic rings. The predicted molar refractivity (Wildman–Crippen MR) is 81.1 cm³/mol. The van der Waals surface area contributed by atoms with Gasteiger partial charge < -0.3 is 5.73 Å². The number of hydrogen-bond donors (Lipinski definition) is 1. The lowest BCUT2D eigenvalue weighted by molar-refractivity contribution is 0.933. The van der Waals surface area contributed by atoms with Crippen molar-refractivity contribution in [2.75, 3.05) is 11.5 Å². The van der Waals surface area contributed by atoms with Crippen LogP contribution in [0.25, 0.3) is 0 Å². The van der Waals surface area contributed by atoms with Crippen LogP contribution in [-0.4, -0.2) is 5.75 Å². The summed E-state index contributed by atoms with van der Waals surface area (Å²) in [6.07, 6.45) is 2.28. The van der Waals surface area contributed by atoms with Crippen molar-refractivity contribution in [1.29, 1.82) is 0 Å². The Morgan fingerprint density at radius 3 is 2.67 bits per heavy atom. The predicted octanol–water partition coefficient (Wildman–Crippen LogP) is 4.30. The van der Waals surface area contributed by atoms with E-state index in [1.807, 2.05) is 23.9 Å². The van der Waals surface area contributed by atoms with Crippen LogP contribution in [0, 0.1) is 6.92 Å². The maximum atomic E-state index is 5.77. The molecule has 0 aliphatic carbocycles. The van der Waals surface area contributed by atoms with Crippen LogP contribution in [0.1, 0.15) is 17.5 Å². The van der Waals surface area contributed by atoms with Crippen LogP contribution in [0.2, 0.25) is 0 Å². The fraction of sp³-hybridized carbons (Fsp3) is 0.250. The molecule has 0 heterocycles. The summed E-state index contributed by atoms with van der Waals surface area (Å²) >= 11 is 1.94. The second-order valence-electron chi connectivity index (χ2n) is 4.46. The molecule has 0 radical (unpaired) electrons. The Morgan fingerprint density at radius 2 is 1.89 bits per heavy atom. The van der Waals surface area contributed by atoms with Crippen molar-refractivity contribution in [3.63, 3.8) is 0 Å². The smallest absolute Gasteiger partial charge is 0.0316 e. The van der Waals surface area contributed by atoms with Crippen LogP contribution >= 0.6 is 11.8 Å². The van der Waals surface area contributed by atoms with Crippen LogP contribution in [0.3, 0.4) is 0 Å². The van der Waals surface area contributed by atoms with Gasteiger partial charge in [0.05, 0.1) is 0 Å². The summed E-state index contributed by atoms with van der Waals surface area (Å²) < 4.78 is 0. The molecule has 0 aliphatic heterocycles. The van der Waals surface area contributed by atoms with Gasteiger partial charge in [0.15, 0.2) is 0 Å². The second kappa shape index (κ2) is 6.50. The molecule has 0 saturated carbocycles. The molecule has 0 saturated heterocycles. The molecule has 0 fully saturated rings. The Labute approximate surface area is 113 Å². The van der Waals surface area contributed by atoms with E-state index in [4.69, 9.17) is 5.73 Å². The van der Waals surface area contributed by atoms with Crippen molar-refractivity contribution in [2.45, 2.75) is 24.7 Å². The SMILES string of the molecule is Cc1ccccc1SCCCc1cccc(N)c1. The van der Waals surface area contributed by atoms with E-state index in [0.717, 1.165) is 17.9 Å². The van der Waals surface area contributed by atoms with Crippen molar-refractivity contribution >= 4 is 17.4 Å². The van der Waals surface area contributed by atoms with Crippen molar-refractivity contribution in [2.24, 2.45) is 0 Å². The molecule has 0 aliphatic rings. The Hall–Kier alpha value is -1.41. The number of anilines is 1. The maximum Gasteiger partial charge on any atom is 0.0316 e. The molecule has 94 valence electrons. The molecule has 2 heteroatoms. The van der Waals surface area contributed by atoms with Crippen molar-refractivity contribution in [1.82, 2.24) is 0 Å². The number of thioether (sulfide) groups is 1. The molecule has 2 aromatic carbocycles. The first kappa shape index (κ1) is 13.0. The third-order valence-electron chi connectivity index (χ3n) is 2.91. The van der Waals surface area contributed by atoms with E-state index in [1.54, 1.807) is 0 Å². The molecular weight excluding hydrogens is 238 g/mol. The van der Waals surface area contributed by atoms with E-state index in [0.29, 0.717) is 0 Å². The number of rotatable bonds is 5. The topological polar surface area (TPSA) is 26.0 Å². The summed E-state index contributed by atoms with van der Waals surface area (Å²) in [7, 11) is 0. The van der Waals surface area contributed by atoms with E-state index >= 15 is 0 Å². The number of benzene rings is 2. The van der Waals surface area contributed by atoms with Gasteiger partial charge in [-0.05, 0) is 54.8 Å². The monoisotopic (exact) mass is 257 g/mol. The summed E-state index contributed by atoms with van der Waals surface area (Å²) in [6.45, 7) is 2.17. The first-order valence-corrected chi connectivity index (χ1v) is 7.27. The van der Waals surface area contributed by atoms with E-state index in [1.165, 1.54) is 22.4 Å². The van der Waals surface area contributed by atoms with Crippen LogP contribution in [0.5, 0.6) is 0 Å². The molecule has 1 nitrogen and oxygen atoms in total. The van der Waals surface area contributed by atoms with Crippen molar-refractivity contribution in [3.8, 4) is 0 Å². The summed E-state index contributed by atoms with van der Waals surface area (Å²) in [5.74, 6) is 1.15. The van der Waals surface area contributed by atoms with E-state index in [9.17, 15) is 0 Å². The Balaban J connectivity index is 1.78. The molecule has 0 bridgehead atoms. The van der Waals surface area contributed by atoms with Gasteiger partial charge in [-0.25, -0.2) is 0 Å². The van der Waals surface area contributed by atoms with Crippen LogP contribution in [0.15, 0.2) is 53.4 Å². The molecule has 0 spiro atoms. The molecule has 0 amide bonds. The molecule has 2 rings (SSSR count). The average molecular weight is 257 g/mol. The molecular formula is C16H19NS. The molecule has 0 unspecified atom stereocenters. The maximum absolute atomic E-state index is 5.77. The highest BCUT2D eigenvalue weighted by molar-refractivity contribution is 7.99. The van der Waals surface area contributed by atoms with Gasteiger partial charge in [-0.1, -0.05) is 30.3 Å². The highest BCUT2D eigenvalue weighted by atomic mass is 32.2. The Morgan fingerprint density at radius 1 is 1.06 bits per heavy atom. The zero-order chi connectivity index (χ0) is 12.8. The van der Waals surface area contributed by atoms with Crippen LogP contribution < -0.4 is 5.73 Å². The quantitative estimate of drug-likeness (QED) is 0.491. The van der Waals surface area contributed by atoms with Crippen LogP contribution in [-0.2, 0) is 6.42 Å². The highest BCUT2D eigenvalue weighted by Gasteiger charge is 1.98. The van der Waals surface area contributed by atoms with Crippen molar-refractivity contribution < 1.29 is 0 Å². The zero-order valence-corrected chi connectivity index (χ0v) is 11.5. The zero-order valence-electron chi connectivity index (χ0n) is 10.7. The average Bonchev–Trinajstić information content (AvgIpc) is 2.37. The van der Waals surface area contributed by atoms with E-state index in [-0.39, 0.29) is 0 Å². The normalized spacial score (nSPS) is 10.5. The van der Waals surface area contributed by atoms with Gasteiger partial charge in [0.2, 0.25) is 0 Å². The first-order chi connectivity index (χ1) is 8.75. The summed E-state index contributed by atoms with van der Waals surface area (Å²) in [6, 6.07) is 16.7. The van der Waals surface area contributed by atoms with Crippen molar-refractivity contribution in [3.05, 3.63) is 59.7 Å². The fourth-order valence-electron chi connectivity index (χ4n) is 1.93. The Bertz CT molecular complexity index is 508. The van der Waals surface area contributed by atoms with Gasteiger partial charge in [0.1, 0.15) is 0 Å². The third-order valence-corrected chi connectivity index (χ3v) is 4.17. The third kappa shape index (κ3) is 3.81. The lowest BCUT2D eigenvalue weighted by atomic mass is 10.1. The van der Waals surface area contributed by atoms with Crippen LogP contribution in [0.4, 0.5) is 5.69 Å². The number of nitrogens with two attached hydrogens (primary N) is 1. The molecule has 2 N–H and O–H groups in total. The summed E-state index contributed by atoms with van der Waals surface area (Å²) in [5, 5.41) is 0. The molecule has 18 heavy (non-hydrogen) atoms. The van der Waals surface area contributed by atoms with Gasteiger partial charge in [-0.3, -0.25) is 0 Å². The number of aryl methyl sites for hydroxylation is 2. The number of hydrogen-bond acceptors (Lipinski definition) is 2. The fourth-order valence-corrected chi connectivity index (χ4v) is 2.90. The summed E-state index contributed by atoms with van der Waals surface area (Å²) in [4.78, 5) is 1.39. The van der Waals surface area contributed by atoms with Gasteiger partial charge in [-0.15, -0.1) is 11.8 Å². The minimum atomic E-state index is 0.860. The standard InChI is InChI=1S/C16H19NS/c1-13-6-2-3-10-16(13)18-11-5-8-14-7-4-9-15(17)12-14/h2-4,6-7,9-10,12H,5,8,11,17H2,1H3. The number of nitrogen functional groups attached to an aromatic ring is 1. The van der Waals surface area contributed by atoms with E-state index in [2.05, 4.69) is 43.3 Å². The lowest BCUT2D eigenvalue weighted by Gasteiger charge is -2.05. The lowest BCUT2D eigenvalue weighted by Crippen LogP contribution is -1.91. The second-order valence-corrected chi connectivity index (χ2v) is 5.60. The molecule has 0 aromatic heterocycles. The minimum absolute atomic E-state index is 0.860. The van der Waals surface area contributed by atoms with Gasteiger partial charge in [0, 0.05) is 10.6 Å². The van der Waals surface area contributed by atoms with Gasteiger partial charge in [-0.2, -0.15) is 0 Å². The van der Waals surface area contributed by atoms with Gasteiger partial charge in [0.25, 0.3) is 0 Å². The van der Waals surface area contributed by atoms with E-state index < -0.39 is 0 Å². The highest BCUT2D eigenvalue weighted by Crippen LogP contribution is 2.23. The minimum Gasteiger partial charge on any atom is -0.399 e. The largest absolute Gasteiger partial charge is 0.399 e. The molecule has 0 atom stereocenters. The Kier molecular flexibility index (Phi) is 4.71. The summed E-state index contributed by atoms with van der Waals surface area (Å²) in [5.41, 5.74) is 9.33.